The Balaban J connectivity index is 1.35. The number of fused-ring (bicyclic) bond motifs is 1. The van der Waals surface area contributed by atoms with Crippen molar-refractivity contribution in [1.82, 2.24) is 9.97 Å². The zero-order valence-electron chi connectivity index (χ0n) is 19.8. The highest BCUT2D eigenvalue weighted by Gasteiger charge is 2.22. The van der Waals surface area contributed by atoms with Gasteiger partial charge < -0.3 is 4.74 Å². The molecule has 1 atom stereocenters. The first-order valence-corrected chi connectivity index (χ1v) is 12.4. The van der Waals surface area contributed by atoms with E-state index in [-0.39, 0.29) is 0 Å². The molecule has 0 aliphatic carbocycles. The number of hydrogen-bond donors (Lipinski definition) is 1. The van der Waals surface area contributed by atoms with Crippen LogP contribution in [-0.2, 0) is 9.53 Å². The van der Waals surface area contributed by atoms with Gasteiger partial charge in [-0.1, -0.05) is 78.4 Å². The van der Waals surface area contributed by atoms with Gasteiger partial charge in [-0.2, -0.15) is 0 Å². The van der Waals surface area contributed by atoms with Gasteiger partial charge in [0.05, 0.1) is 22.5 Å². The predicted octanol–water partition coefficient (Wildman–Crippen LogP) is 6.52. The molecular weight excluding hydrogens is 470 g/mol. The molecule has 0 bridgehead atoms. The largest absolute Gasteiger partial charge is 0.449 e. The fraction of sp³-hybridized carbons (Fsp3) is 0.103. The number of anilines is 1. The van der Waals surface area contributed by atoms with Gasteiger partial charge in [-0.3, -0.25) is 10.1 Å². The molecule has 0 spiro atoms. The van der Waals surface area contributed by atoms with E-state index in [1.165, 1.54) is 11.3 Å². The van der Waals surface area contributed by atoms with Gasteiger partial charge in [-0.05, 0) is 26.0 Å². The molecule has 5 aromatic rings. The summed E-state index contributed by atoms with van der Waals surface area (Å²) in [6, 6.07) is 26.7. The summed E-state index contributed by atoms with van der Waals surface area (Å²) in [7, 11) is 0. The number of para-hydroxylation sites is 1. The first kappa shape index (κ1) is 23.4. The zero-order chi connectivity index (χ0) is 25.1. The van der Waals surface area contributed by atoms with Crippen molar-refractivity contribution in [3.8, 4) is 22.5 Å². The van der Waals surface area contributed by atoms with Gasteiger partial charge in [0.1, 0.15) is 0 Å². The lowest BCUT2D eigenvalue weighted by atomic mass is 10.0. The molecule has 0 fully saturated rings. The molecule has 2 heterocycles. The number of rotatable bonds is 6. The van der Waals surface area contributed by atoms with Gasteiger partial charge in [-0.15, -0.1) is 11.3 Å². The molecule has 5 rings (SSSR count). The Morgan fingerprint density at radius 2 is 1.56 bits per heavy atom. The first-order chi connectivity index (χ1) is 17.5. The minimum absolute atomic E-state index is 0.358. The van der Waals surface area contributed by atoms with Crippen LogP contribution in [0.1, 0.15) is 22.8 Å². The number of esters is 1. The van der Waals surface area contributed by atoms with E-state index in [4.69, 9.17) is 9.72 Å². The standard InChI is InChI=1S/C29H23N3O3S/c1-18-12-14-21(15-13-18)25-16-23(22-10-6-7-11-24(22)30-25)28(34)35-19(2)27(33)32-29-31-26(17-36-29)20-8-4-3-5-9-20/h3-17,19H,1-2H3,(H,31,32,33). The number of thiazole rings is 1. The van der Waals surface area contributed by atoms with Crippen LogP contribution in [0.3, 0.4) is 0 Å². The second-order valence-corrected chi connectivity index (χ2v) is 9.24. The highest BCUT2D eigenvalue weighted by molar-refractivity contribution is 7.14. The van der Waals surface area contributed by atoms with E-state index < -0.39 is 18.0 Å². The Hall–Kier alpha value is -4.36. The van der Waals surface area contributed by atoms with Gasteiger partial charge >= 0.3 is 5.97 Å². The monoisotopic (exact) mass is 493 g/mol. The lowest BCUT2D eigenvalue weighted by Crippen LogP contribution is -2.30. The minimum atomic E-state index is -1.02. The van der Waals surface area contributed by atoms with Crippen molar-refractivity contribution in [2.75, 3.05) is 5.32 Å². The summed E-state index contributed by atoms with van der Waals surface area (Å²) in [6.07, 6.45) is -1.02. The number of amides is 1. The van der Waals surface area contributed by atoms with E-state index in [0.717, 1.165) is 22.4 Å². The smallest absolute Gasteiger partial charge is 0.339 e. The molecule has 0 saturated carbocycles. The van der Waals surface area contributed by atoms with Gasteiger partial charge in [0, 0.05) is 21.9 Å². The molecule has 6 nitrogen and oxygen atoms in total. The lowest BCUT2D eigenvalue weighted by molar-refractivity contribution is -0.123. The summed E-state index contributed by atoms with van der Waals surface area (Å²) in [4.78, 5) is 35.2. The lowest BCUT2D eigenvalue weighted by Gasteiger charge is -2.14. The number of carbonyl (C=O) groups excluding carboxylic acids is 2. The number of nitrogens with one attached hydrogen (secondary N) is 1. The average molecular weight is 494 g/mol. The summed E-state index contributed by atoms with van der Waals surface area (Å²) in [5.41, 5.74) is 5.45. The third-order valence-corrected chi connectivity index (χ3v) is 6.50. The van der Waals surface area contributed by atoms with Gasteiger partial charge in [0.25, 0.3) is 5.91 Å². The number of ether oxygens (including phenoxy) is 1. The van der Waals surface area contributed by atoms with E-state index >= 15 is 0 Å². The Morgan fingerprint density at radius 1 is 0.861 bits per heavy atom. The first-order valence-electron chi connectivity index (χ1n) is 11.5. The normalized spacial score (nSPS) is 11.7. The quantitative estimate of drug-likeness (QED) is 0.273. The molecule has 3 aromatic carbocycles. The van der Waals surface area contributed by atoms with E-state index in [2.05, 4.69) is 10.3 Å². The van der Waals surface area contributed by atoms with E-state index in [9.17, 15) is 9.59 Å². The number of aromatic nitrogens is 2. The molecule has 0 aliphatic rings. The Labute approximate surface area is 212 Å². The topological polar surface area (TPSA) is 81.2 Å². The third kappa shape index (κ3) is 5.01. The molecular formula is C29H23N3O3S. The summed E-state index contributed by atoms with van der Waals surface area (Å²) in [5.74, 6) is -1.04. The maximum atomic E-state index is 13.2. The van der Waals surface area contributed by atoms with Crippen LogP contribution >= 0.6 is 11.3 Å². The Morgan fingerprint density at radius 3 is 2.33 bits per heavy atom. The van der Waals surface area contributed by atoms with Crippen molar-refractivity contribution in [1.29, 1.82) is 0 Å². The zero-order valence-corrected chi connectivity index (χ0v) is 20.6. The molecule has 0 aliphatic heterocycles. The van der Waals surface area contributed by atoms with Crippen molar-refractivity contribution >= 4 is 39.2 Å². The number of pyridine rings is 1. The number of nitrogens with zero attached hydrogens (tertiary/aromatic N) is 2. The molecule has 7 heteroatoms. The number of carbonyl (C=O) groups is 2. The molecule has 0 radical (unpaired) electrons. The Kier molecular flexibility index (Phi) is 6.56. The minimum Gasteiger partial charge on any atom is -0.449 e. The molecule has 1 unspecified atom stereocenters. The van der Waals surface area contributed by atoms with Crippen molar-refractivity contribution in [2.24, 2.45) is 0 Å². The van der Waals surface area contributed by atoms with Crippen LogP contribution in [0, 0.1) is 6.92 Å². The second-order valence-electron chi connectivity index (χ2n) is 8.38. The van der Waals surface area contributed by atoms with Crippen LogP contribution in [0.4, 0.5) is 5.13 Å². The van der Waals surface area contributed by atoms with Gasteiger partial charge in [0.2, 0.25) is 0 Å². The maximum Gasteiger partial charge on any atom is 0.339 e. The molecule has 0 saturated heterocycles. The van der Waals surface area contributed by atoms with E-state index in [1.807, 2.05) is 91.2 Å². The van der Waals surface area contributed by atoms with Crippen LogP contribution in [-0.4, -0.2) is 27.9 Å². The number of benzene rings is 3. The summed E-state index contributed by atoms with van der Waals surface area (Å²) in [5, 5.41) is 5.73. The van der Waals surface area contributed by atoms with Gasteiger partial charge in [0.15, 0.2) is 11.2 Å². The maximum absolute atomic E-state index is 13.2. The molecule has 2 aromatic heterocycles. The Bertz CT molecular complexity index is 1550. The van der Waals surface area contributed by atoms with Crippen LogP contribution in [0.5, 0.6) is 0 Å². The summed E-state index contributed by atoms with van der Waals surface area (Å²) < 4.78 is 5.58. The van der Waals surface area contributed by atoms with Crippen molar-refractivity contribution in [3.05, 3.63) is 101 Å². The highest BCUT2D eigenvalue weighted by atomic mass is 32.1. The average Bonchev–Trinajstić information content (AvgIpc) is 3.37. The van der Waals surface area contributed by atoms with Crippen LogP contribution in [0.15, 0.2) is 90.3 Å². The van der Waals surface area contributed by atoms with Gasteiger partial charge in [-0.25, -0.2) is 14.8 Å². The number of hydrogen-bond acceptors (Lipinski definition) is 6. The molecule has 36 heavy (non-hydrogen) atoms. The van der Waals surface area contributed by atoms with E-state index in [0.29, 0.717) is 27.3 Å². The fourth-order valence-corrected chi connectivity index (χ4v) is 4.50. The second kappa shape index (κ2) is 10.1. The fourth-order valence-electron chi connectivity index (χ4n) is 3.77. The predicted molar refractivity (Wildman–Crippen MR) is 143 cm³/mol. The molecule has 1 amide bonds. The van der Waals surface area contributed by atoms with Crippen LogP contribution < -0.4 is 5.32 Å². The molecule has 1 N–H and O–H groups in total. The van der Waals surface area contributed by atoms with Crippen molar-refractivity contribution < 1.29 is 14.3 Å². The van der Waals surface area contributed by atoms with Crippen LogP contribution in [0.2, 0.25) is 0 Å². The number of aryl methyl sites for hydroxylation is 1. The van der Waals surface area contributed by atoms with Crippen molar-refractivity contribution in [2.45, 2.75) is 20.0 Å². The summed E-state index contributed by atoms with van der Waals surface area (Å²) in [6.45, 7) is 3.56. The molecule has 178 valence electrons. The SMILES string of the molecule is Cc1ccc(-c2cc(C(=O)OC(C)C(=O)Nc3nc(-c4ccccc4)cs3)c3ccccc3n2)cc1. The summed E-state index contributed by atoms with van der Waals surface area (Å²) >= 11 is 1.32. The van der Waals surface area contributed by atoms with E-state index in [1.54, 1.807) is 13.0 Å². The third-order valence-electron chi connectivity index (χ3n) is 5.74. The van der Waals surface area contributed by atoms with Crippen LogP contribution in [0.25, 0.3) is 33.4 Å². The highest BCUT2D eigenvalue weighted by Crippen LogP contribution is 2.27. The van der Waals surface area contributed by atoms with Crippen molar-refractivity contribution in [3.63, 3.8) is 0 Å².